The third-order valence-electron chi connectivity index (χ3n) is 6.25. The standard InChI is InChI=1S/C32H24BrNO4/c33-27-14-15-29(35-19-22-8-3-1-4-9-22)32(36-20-23-10-5-2-6-11-23)26(27)18-34-28-13-7-12-24-16-30-31(17-25(24)28)38-21-37-30/h1-18H,19-21H2. The van der Waals surface area contributed by atoms with Gasteiger partial charge in [0, 0.05) is 16.1 Å². The molecule has 0 radical (unpaired) electrons. The number of fused-ring (bicyclic) bond motifs is 2. The van der Waals surface area contributed by atoms with E-state index in [0.717, 1.165) is 49.1 Å². The zero-order chi connectivity index (χ0) is 25.7. The topological polar surface area (TPSA) is 49.3 Å². The molecule has 0 bridgehead atoms. The van der Waals surface area contributed by atoms with Crippen molar-refractivity contribution >= 4 is 38.6 Å². The first-order valence-electron chi connectivity index (χ1n) is 12.3. The van der Waals surface area contributed by atoms with E-state index >= 15 is 0 Å². The van der Waals surface area contributed by atoms with Crippen molar-refractivity contribution in [1.29, 1.82) is 0 Å². The number of nitrogens with zero attached hydrogens (tertiary/aromatic N) is 1. The first kappa shape index (κ1) is 24.1. The van der Waals surface area contributed by atoms with E-state index in [4.69, 9.17) is 23.9 Å². The molecule has 0 amide bonds. The van der Waals surface area contributed by atoms with Crippen molar-refractivity contribution in [2.75, 3.05) is 6.79 Å². The Morgan fingerprint density at radius 3 is 2.16 bits per heavy atom. The second kappa shape index (κ2) is 11.0. The van der Waals surface area contributed by atoms with Crippen LogP contribution in [0.3, 0.4) is 0 Å². The number of halogens is 1. The van der Waals surface area contributed by atoms with E-state index in [-0.39, 0.29) is 6.79 Å². The summed E-state index contributed by atoms with van der Waals surface area (Å²) in [5, 5.41) is 2.01. The van der Waals surface area contributed by atoms with Gasteiger partial charge in [0.05, 0.1) is 11.3 Å². The van der Waals surface area contributed by atoms with Crippen LogP contribution < -0.4 is 18.9 Å². The summed E-state index contributed by atoms with van der Waals surface area (Å²) in [5.41, 5.74) is 3.75. The van der Waals surface area contributed by atoms with Gasteiger partial charge in [-0.15, -0.1) is 0 Å². The van der Waals surface area contributed by atoms with Gasteiger partial charge < -0.3 is 18.9 Å². The summed E-state index contributed by atoms with van der Waals surface area (Å²) in [6.07, 6.45) is 1.82. The average Bonchev–Trinajstić information content (AvgIpc) is 3.42. The van der Waals surface area contributed by atoms with E-state index in [1.165, 1.54) is 0 Å². The molecule has 0 N–H and O–H groups in total. The molecule has 0 spiro atoms. The molecule has 0 unspecified atom stereocenters. The number of hydrogen-bond donors (Lipinski definition) is 0. The van der Waals surface area contributed by atoms with Gasteiger partial charge in [-0.25, -0.2) is 0 Å². The van der Waals surface area contributed by atoms with Crippen LogP contribution >= 0.6 is 15.9 Å². The number of benzene rings is 5. The average molecular weight is 566 g/mol. The van der Waals surface area contributed by atoms with Crippen LogP contribution in [-0.2, 0) is 13.2 Å². The number of ether oxygens (including phenoxy) is 4. The van der Waals surface area contributed by atoms with Crippen molar-refractivity contribution in [1.82, 2.24) is 0 Å². The summed E-state index contributed by atoms with van der Waals surface area (Å²) in [6, 6.07) is 34.0. The van der Waals surface area contributed by atoms with Crippen LogP contribution in [0.4, 0.5) is 5.69 Å². The highest BCUT2D eigenvalue weighted by Crippen LogP contribution is 2.40. The molecule has 6 heteroatoms. The minimum absolute atomic E-state index is 0.231. The fourth-order valence-electron chi connectivity index (χ4n) is 4.30. The summed E-state index contributed by atoms with van der Waals surface area (Å²) in [4.78, 5) is 4.88. The zero-order valence-electron chi connectivity index (χ0n) is 20.5. The SMILES string of the molecule is Brc1ccc(OCc2ccccc2)c(OCc2ccccc2)c1C=Nc1cccc2cc3c(cc12)OCO3. The molecular formula is C32H24BrNO4. The lowest BCUT2D eigenvalue weighted by atomic mass is 10.1. The summed E-state index contributed by atoms with van der Waals surface area (Å²) < 4.78 is 24.6. The predicted octanol–water partition coefficient (Wildman–Crippen LogP) is 8.24. The largest absolute Gasteiger partial charge is 0.485 e. The highest BCUT2D eigenvalue weighted by atomic mass is 79.9. The molecule has 0 aromatic heterocycles. The Morgan fingerprint density at radius 2 is 1.42 bits per heavy atom. The van der Waals surface area contributed by atoms with Gasteiger partial charge >= 0.3 is 0 Å². The third kappa shape index (κ3) is 5.22. The Balaban J connectivity index is 1.36. The molecule has 0 fully saturated rings. The highest BCUT2D eigenvalue weighted by Gasteiger charge is 2.17. The first-order valence-corrected chi connectivity index (χ1v) is 13.1. The molecule has 188 valence electrons. The first-order chi connectivity index (χ1) is 18.7. The normalized spacial score (nSPS) is 12.2. The fraction of sp³-hybridized carbons (Fsp3) is 0.0938. The maximum atomic E-state index is 6.38. The predicted molar refractivity (Wildman–Crippen MR) is 153 cm³/mol. The van der Waals surface area contributed by atoms with Gasteiger partial charge in [0.25, 0.3) is 0 Å². The number of rotatable bonds is 8. The minimum atomic E-state index is 0.231. The van der Waals surface area contributed by atoms with Gasteiger partial charge in [-0.2, -0.15) is 0 Å². The smallest absolute Gasteiger partial charge is 0.231 e. The molecule has 1 aliphatic rings. The van der Waals surface area contributed by atoms with E-state index in [1.54, 1.807) is 0 Å². The molecule has 1 heterocycles. The Bertz CT molecular complexity index is 1600. The summed E-state index contributed by atoms with van der Waals surface area (Å²) in [7, 11) is 0. The van der Waals surface area contributed by atoms with Crippen molar-refractivity contribution < 1.29 is 18.9 Å². The van der Waals surface area contributed by atoms with Gasteiger partial charge in [0.15, 0.2) is 23.0 Å². The monoisotopic (exact) mass is 565 g/mol. The molecule has 5 aromatic carbocycles. The summed E-state index contributed by atoms with van der Waals surface area (Å²) in [6.45, 7) is 1.06. The van der Waals surface area contributed by atoms with Crippen LogP contribution in [0.15, 0.2) is 113 Å². The van der Waals surface area contributed by atoms with Crippen LogP contribution in [0.2, 0.25) is 0 Å². The maximum Gasteiger partial charge on any atom is 0.231 e. The summed E-state index contributed by atoms with van der Waals surface area (Å²) >= 11 is 3.70. The number of hydrogen-bond acceptors (Lipinski definition) is 5. The quantitative estimate of drug-likeness (QED) is 0.178. The van der Waals surface area contributed by atoms with Crippen molar-refractivity contribution in [2.24, 2.45) is 4.99 Å². The molecule has 5 aromatic rings. The van der Waals surface area contributed by atoms with Crippen LogP contribution in [0.5, 0.6) is 23.0 Å². The van der Waals surface area contributed by atoms with Gasteiger partial charge in [-0.1, -0.05) is 72.8 Å². The lowest BCUT2D eigenvalue weighted by Gasteiger charge is -2.16. The fourth-order valence-corrected chi connectivity index (χ4v) is 4.71. The van der Waals surface area contributed by atoms with Crippen molar-refractivity contribution in [3.63, 3.8) is 0 Å². The molecule has 0 atom stereocenters. The van der Waals surface area contributed by atoms with Crippen molar-refractivity contribution in [2.45, 2.75) is 13.2 Å². The molecule has 0 saturated heterocycles. The Kier molecular flexibility index (Phi) is 6.96. The number of aliphatic imine (C=N–C) groups is 1. The molecular weight excluding hydrogens is 542 g/mol. The second-order valence-corrected chi connectivity index (χ2v) is 9.65. The van der Waals surface area contributed by atoms with E-state index in [1.807, 2.05) is 109 Å². The molecule has 0 saturated carbocycles. The van der Waals surface area contributed by atoms with E-state index in [9.17, 15) is 0 Å². The minimum Gasteiger partial charge on any atom is -0.485 e. The van der Waals surface area contributed by atoms with Crippen LogP contribution in [0, 0.1) is 0 Å². The molecule has 6 rings (SSSR count). The van der Waals surface area contributed by atoms with Gasteiger partial charge in [0.1, 0.15) is 13.2 Å². The van der Waals surface area contributed by atoms with E-state index < -0.39 is 0 Å². The van der Waals surface area contributed by atoms with Crippen molar-refractivity contribution in [3.05, 3.63) is 124 Å². The van der Waals surface area contributed by atoms with Crippen LogP contribution in [0.25, 0.3) is 10.8 Å². The second-order valence-electron chi connectivity index (χ2n) is 8.80. The molecule has 5 nitrogen and oxygen atoms in total. The molecule has 1 aliphatic heterocycles. The zero-order valence-corrected chi connectivity index (χ0v) is 22.1. The Labute approximate surface area is 229 Å². The van der Waals surface area contributed by atoms with Crippen molar-refractivity contribution in [3.8, 4) is 23.0 Å². The van der Waals surface area contributed by atoms with Gasteiger partial charge in [-0.05, 0) is 62.8 Å². The van der Waals surface area contributed by atoms with Gasteiger partial charge in [0.2, 0.25) is 6.79 Å². The Hall–Kier alpha value is -4.29. The summed E-state index contributed by atoms with van der Waals surface area (Å²) in [5.74, 6) is 2.75. The van der Waals surface area contributed by atoms with E-state index in [0.29, 0.717) is 24.7 Å². The van der Waals surface area contributed by atoms with Crippen LogP contribution in [-0.4, -0.2) is 13.0 Å². The third-order valence-corrected chi connectivity index (χ3v) is 6.94. The Morgan fingerprint density at radius 1 is 0.737 bits per heavy atom. The molecule has 0 aliphatic carbocycles. The maximum absolute atomic E-state index is 6.38. The lowest BCUT2D eigenvalue weighted by molar-refractivity contribution is 0.174. The molecule has 38 heavy (non-hydrogen) atoms. The van der Waals surface area contributed by atoms with E-state index in [2.05, 4.69) is 15.9 Å². The van der Waals surface area contributed by atoms with Crippen LogP contribution in [0.1, 0.15) is 16.7 Å². The van der Waals surface area contributed by atoms with Gasteiger partial charge in [-0.3, -0.25) is 4.99 Å². The highest BCUT2D eigenvalue weighted by molar-refractivity contribution is 9.10. The lowest BCUT2D eigenvalue weighted by Crippen LogP contribution is -2.04.